The Hall–Kier alpha value is -0.551. The number of halogens is 2. The first-order chi connectivity index (χ1) is 11.2. The van der Waals surface area contributed by atoms with Crippen LogP contribution in [0, 0.1) is 0 Å². The molecular weight excluding hydrogens is 402 g/mol. The maximum absolute atomic E-state index is 6.03. The molecule has 1 aliphatic rings. The van der Waals surface area contributed by atoms with Crippen LogP contribution < -0.4 is 0 Å². The topological polar surface area (TPSA) is 38.5 Å². The first kappa shape index (κ1) is 17.3. The predicted molar refractivity (Wildman–Crippen MR) is 93.4 cm³/mol. The van der Waals surface area contributed by atoms with Crippen LogP contribution in [0.3, 0.4) is 0 Å². The third kappa shape index (κ3) is 4.96. The third-order valence-electron chi connectivity index (χ3n) is 3.67. The van der Waals surface area contributed by atoms with Gasteiger partial charge in [-0.2, -0.15) is 0 Å². The Balaban J connectivity index is 1.48. The third-order valence-corrected chi connectivity index (χ3v) is 6.39. The van der Waals surface area contributed by atoms with Gasteiger partial charge in [-0.25, -0.2) is 0 Å². The zero-order chi connectivity index (χ0) is 16.1. The van der Waals surface area contributed by atoms with Crippen LogP contribution in [0.5, 0.6) is 0 Å². The Labute approximate surface area is 152 Å². The van der Waals surface area contributed by atoms with Crippen molar-refractivity contribution in [1.82, 2.24) is 10.1 Å². The summed E-state index contributed by atoms with van der Waals surface area (Å²) in [6.07, 6.45) is 0. The summed E-state index contributed by atoms with van der Waals surface area (Å²) in [5.41, 5.74) is 1.62. The van der Waals surface area contributed by atoms with E-state index in [-0.39, 0.29) is 0 Å². The van der Waals surface area contributed by atoms with Crippen molar-refractivity contribution >= 4 is 38.2 Å². The van der Waals surface area contributed by atoms with Gasteiger partial charge in [0, 0.05) is 0 Å². The van der Waals surface area contributed by atoms with Crippen LogP contribution >= 0.6 is 23.2 Å². The Morgan fingerprint density at radius 3 is 2.78 bits per heavy atom. The number of rotatable bonds is 6. The molecule has 0 unspecified atom stereocenters. The molecule has 3 rings (SSSR count). The SMILES string of the molecule is Clc1ccc(-c2cc(COCCN3CC[Se]CC3)on2)cc1Cl. The van der Waals surface area contributed by atoms with Gasteiger partial charge in [0.05, 0.1) is 10.0 Å². The summed E-state index contributed by atoms with van der Waals surface area (Å²) in [7, 11) is 0. The van der Waals surface area contributed by atoms with E-state index in [0.717, 1.165) is 39.4 Å². The normalized spacial score (nSPS) is 15.9. The van der Waals surface area contributed by atoms with Crippen molar-refractivity contribution in [2.75, 3.05) is 26.2 Å². The Morgan fingerprint density at radius 1 is 1.17 bits per heavy atom. The smallest absolute Gasteiger partial charge is 0.0827 e. The number of benzene rings is 1. The molecule has 0 radical (unpaired) electrons. The fourth-order valence-electron chi connectivity index (χ4n) is 2.36. The molecule has 0 aliphatic carbocycles. The van der Waals surface area contributed by atoms with E-state index >= 15 is 0 Å². The van der Waals surface area contributed by atoms with Gasteiger partial charge in [0.15, 0.2) is 0 Å². The molecule has 0 bridgehead atoms. The molecular formula is C16H18Cl2N2O2Se. The van der Waals surface area contributed by atoms with Gasteiger partial charge in [-0.15, -0.1) is 0 Å². The zero-order valence-corrected chi connectivity index (χ0v) is 15.9. The van der Waals surface area contributed by atoms with E-state index in [1.165, 1.54) is 23.7 Å². The predicted octanol–water partition coefficient (Wildman–Crippen LogP) is 4.02. The average molecular weight is 420 g/mol. The summed E-state index contributed by atoms with van der Waals surface area (Å²) >= 11 is 12.8. The van der Waals surface area contributed by atoms with Gasteiger partial charge in [-0.3, -0.25) is 0 Å². The van der Waals surface area contributed by atoms with Crippen molar-refractivity contribution in [2.45, 2.75) is 17.2 Å². The fraction of sp³-hybridized carbons (Fsp3) is 0.438. The van der Waals surface area contributed by atoms with Crippen molar-refractivity contribution in [1.29, 1.82) is 0 Å². The van der Waals surface area contributed by atoms with Crippen molar-refractivity contribution in [3.8, 4) is 11.3 Å². The minimum Gasteiger partial charge on any atom is -0.0827 e. The van der Waals surface area contributed by atoms with Gasteiger partial charge in [0.2, 0.25) is 0 Å². The number of hydrogen-bond acceptors (Lipinski definition) is 4. The quantitative estimate of drug-likeness (QED) is 0.523. The van der Waals surface area contributed by atoms with Crippen molar-refractivity contribution in [3.63, 3.8) is 0 Å². The number of hydrogen-bond donors (Lipinski definition) is 0. The number of nitrogens with zero attached hydrogens (tertiary/aromatic N) is 2. The van der Waals surface area contributed by atoms with Gasteiger partial charge in [0.25, 0.3) is 0 Å². The molecule has 1 saturated heterocycles. The van der Waals surface area contributed by atoms with Gasteiger partial charge in [0.1, 0.15) is 0 Å². The Bertz CT molecular complexity index is 645. The molecule has 0 N–H and O–H groups in total. The molecule has 1 aromatic carbocycles. The first-order valence-corrected chi connectivity index (χ1v) is 10.7. The average Bonchev–Trinajstić information content (AvgIpc) is 3.04. The second-order valence-electron chi connectivity index (χ2n) is 5.31. The summed E-state index contributed by atoms with van der Waals surface area (Å²) in [6, 6.07) is 7.28. The summed E-state index contributed by atoms with van der Waals surface area (Å²) < 4.78 is 11.0. The second kappa shape index (κ2) is 8.52. The van der Waals surface area contributed by atoms with Gasteiger partial charge >= 0.3 is 113 Å². The zero-order valence-electron chi connectivity index (χ0n) is 12.6. The van der Waals surface area contributed by atoms with E-state index in [0.29, 0.717) is 22.4 Å². The summed E-state index contributed by atoms with van der Waals surface area (Å²) in [5.74, 6) is 0.716. The summed E-state index contributed by atoms with van der Waals surface area (Å²) in [4.78, 5) is 2.47. The van der Waals surface area contributed by atoms with Crippen LogP contribution in [-0.4, -0.2) is 51.3 Å². The second-order valence-corrected chi connectivity index (χ2v) is 8.70. The van der Waals surface area contributed by atoms with Gasteiger partial charge in [-0.1, -0.05) is 23.2 Å². The summed E-state index contributed by atoms with van der Waals surface area (Å²) in [5, 5.41) is 7.82. The monoisotopic (exact) mass is 420 g/mol. The van der Waals surface area contributed by atoms with E-state index in [4.69, 9.17) is 32.5 Å². The van der Waals surface area contributed by atoms with Crippen LogP contribution in [0.1, 0.15) is 5.76 Å². The molecule has 23 heavy (non-hydrogen) atoms. The van der Waals surface area contributed by atoms with E-state index in [1.54, 1.807) is 12.1 Å². The Kier molecular flexibility index (Phi) is 6.40. The number of ether oxygens (including phenoxy) is 1. The minimum atomic E-state index is 0.437. The molecule has 2 heterocycles. The molecule has 7 heteroatoms. The molecule has 1 fully saturated rings. The molecule has 0 amide bonds. The summed E-state index contributed by atoms with van der Waals surface area (Å²) in [6.45, 7) is 4.58. The molecule has 1 aromatic heterocycles. The van der Waals surface area contributed by atoms with Crippen molar-refractivity contribution < 1.29 is 9.26 Å². The Morgan fingerprint density at radius 2 is 2.00 bits per heavy atom. The van der Waals surface area contributed by atoms with Crippen molar-refractivity contribution in [3.05, 3.63) is 40.1 Å². The van der Waals surface area contributed by atoms with Crippen LogP contribution in [0.4, 0.5) is 0 Å². The van der Waals surface area contributed by atoms with Crippen LogP contribution in [0.2, 0.25) is 20.7 Å². The molecule has 1 aliphatic heterocycles. The molecule has 2 aromatic rings. The standard InChI is InChI=1S/C16H18Cl2N2O2Se/c17-14-2-1-12(9-15(14)18)16-10-13(22-19-16)11-21-6-3-20-4-7-23-8-5-20/h1-2,9-10H,3-8,11H2. The van der Waals surface area contributed by atoms with Crippen molar-refractivity contribution in [2.24, 2.45) is 0 Å². The molecule has 124 valence electrons. The minimum absolute atomic E-state index is 0.437. The maximum atomic E-state index is 6.03. The van der Waals surface area contributed by atoms with Gasteiger partial charge in [-0.05, 0) is 6.07 Å². The van der Waals surface area contributed by atoms with Crippen LogP contribution in [0.25, 0.3) is 11.3 Å². The van der Waals surface area contributed by atoms with Crippen LogP contribution in [0.15, 0.2) is 28.8 Å². The number of aromatic nitrogens is 1. The molecule has 4 nitrogen and oxygen atoms in total. The van der Waals surface area contributed by atoms with E-state index in [2.05, 4.69) is 10.1 Å². The molecule has 0 spiro atoms. The van der Waals surface area contributed by atoms with E-state index in [1.807, 2.05) is 12.1 Å². The molecule has 0 atom stereocenters. The van der Waals surface area contributed by atoms with Crippen LogP contribution in [-0.2, 0) is 11.3 Å². The molecule has 0 saturated carbocycles. The van der Waals surface area contributed by atoms with E-state index in [9.17, 15) is 0 Å². The van der Waals surface area contributed by atoms with Gasteiger partial charge < -0.3 is 0 Å². The fourth-order valence-corrected chi connectivity index (χ4v) is 4.72. The first-order valence-electron chi connectivity index (χ1n) is 7.51. The van der Waals surface area contributed by atoms with E-state index < -0.39 is 0 Å².